The van der Waals surface area contributed by atoms with E-state index in [0.29, 0.717) is 137 Å². The Morgan fingerprint density at radius 2 is 0.632 bits per heavy atom. The minimum Gasteiger partial charge on any atom is -0.384 e. The quantitative estimate of drug-likeness (QED) is 0.0653. The fourth-order valence-electron chi connectivity index (χ4n) is 35.3. The number of aromatic nitrogens is 15. The van der Waals surface area contributed by atoms with E-state index in [-0.39, 0.29) is 163 Å². The lowest BCUT2D eigenvalue weighted by molar-refractivity contribution is -0.160. The number of carbonyl (C=O) groups is 4. The van der Waals surface area contributed by atoms with Crippen molar-refractivity contribution in [2.24, 2.45) is 164 Å². The molecular formula is C105H137F8N15O8. The predicted molar refractivity (Wildman–Crippen MR) is 490 cm³/mol. The van der Waals surface area contributed by atoms with Gasteiger partial charge in [-0.2, -0.15) is 35.1 Å². The molecule has 0 radical (unpaired) electrons. The largest absolute Gasteiger partial charge is 0.384 e. The molecule has 16 aliphatic carbocycles. The van der Waals surface area contributed by atoms with E-state index in [1.807, 2.05) is 18.2 Å². The van der Waals surface area contributed by atoms with E-state index in [9.17, 15) is 74.7 Å². The van der Waals surface area contributed by atoms with Crippen molar-refractivity contribution in [3.05, 3.63) is 79.9 Å². The molecule has 32 atom stereocenters. The van der Waals surface area contributed by atoms with Crippen molar-refractivity contribution in [3.63, 3.8) is 0 Å². The molecule has 8 heterocycles. The Hall–Kier alpha value is -7.77. The van der Waals surface area contributed by atoms with E-state index in [1.54, 1.807) is 71.1 Å². The van der Waals surface area contributed by atoms with Gasteiger partial charge in [0.1, 0.15) is 81.7 Å². The summed E-state index contributed by atoms with van der Waals surface area (Å²) in [6, 6.07) is 9.31. The molecular weight excluding hydrogens is 1750 g/mol. The number of fused-ring (bicyclic) bond motifs is 24. The normalized spacial score (nSPS) is 41.8. The Labute approximate surface area is 789 Å². The standard InChI is InChI=1S/C27H35F2N3O2.3C26H34F2N4O2/c1-26-10-8-18-17-9-11-27(34,25(28)29)13-16(17)4-5-19(18)20(26)6-7-21(26)24(33)15-32-23-3-2-12-30-22(23)14-31-32;1-25-9-6-17-16-7-10-26(34,24(27)28)12-15(16)2-3-18(17)19(25)4-5-20(25)23(33)14-32-22-8-11-29-13-21(22)30-31-32;2*1-25-9-6-17-16-7-10-26(34,24(27)28)12-15(16)2-3-18(17)19(25)4-5-20(25)23(33)14-32-30-21-8-11-29-13-22(21)31-32/h2-3,12,14,16-21,25,34H,4-11,13,15H2,1H3;3*8,11,13,15-20,24,34H,2-7,9-10,12,14H2,1H3/t16-,17+,18-,19-,20+,21-,26+,27-;15-,16+,17-,18-,19+,20-,25+,26-;15-,16+,17-,18-,19+,20+,25+,26-;15-,16+,17-,18-,19+,20-,25+,26-/m1111/s1. The number of carbonyl (C=O) groups excluding carboxylic acids is 4. The summed E-state index contributed by atoms with van der Waals surface area (Å²) in [5.41, 5.74) is -0.966. The van der Waals surface area contributed by atoms with Crippen LogP contribution < -0.4 is 0 Å². The van der Waals surface area contributed by atoms with E-state index in [0.717, 1.165) is 188 Å². The number of nitrogens with zero attached hydrogens (tertiary/aromatic N) is 15. The second kappa shape index (κ2) is 36.3. The first-order chi connectivity index (χ1) is 65.2. The van der Waals surface area contributed by atoms with Crippen molar-refractivity contribution in [2.75, 3.05) is 0 Å². The molecule has 0 aromatic carbocycles. The van der Waals surface area contributed by atoms with E-state index in [1.165, 1.54) is 9.59 Å². The number of ketones is 4. The number of pyridine rings is 4. The van der Waals surface area contributed by atoms with Crippen molar-refractivity contribution in [2.45, 2.75) is 333 Å². The highest BCUT2D eigenvalue weighted by atomic mass is 19.3. The third kappa shape index (κ3) is 16.5. The van der Waals surface area contributed by atoms with E-state index in [2.05, 4.69) is 83.4 Å². The van der Waals surface area contributed by atoms with Gasteiger partial charge in [-0.1, -0.05) is 32.9 Å². The predicted octanol–water partition coefficient (Wildman–Crippen LogP) is 19.2. The number of alkyl halides is 8. The van der Waals surface area contributed by atoms with Crippen LogP contribution in [0, 0.1) is 164 Å². The monoisotopic (exact) mass is 1890 g/mol. The maximum absolute atomic E-state index is 13.6. The topological polar surface area (TPSA) is 311 Å². The van der Waals surface area contributed by atoms with Crippen molar-refractivity contribution >= 4 is 67.3 Å². The van der Waals surface area contributed by atoms with Crippen molar-refractivity contribution in [1.82, 2.24) is 74.7 Å². The Morgan fingerprint density at radius 1 is 0.324 bits per heavy atom. The molecule has 16 saturated carbocycles. The van der Waals surface area contributed by atoms with Crippen molar-refractivity contribution < 1.29 is 74.7 Å². The van der Waals surface area contributed by atoms with E-state index >= 15 is 0 Å². The average molecular weight is 1890 g/mol. The summed E-state index contributed by atoms with van der Waals surface area (Å²) in [5.74, 6) is 10.4. The first kappa shape index (κ1) is 94.5. The average Bonchev–Trinajstić information content (AvgIpc) is 1.53. The first-order valence-corrected chi connectivity index (χ1v) is 52.0. The van der Waals surface area contributed by atoms with Gasteiger partial charge < -0.3 is 20.4 Å². The van der Waals surface area contributed by atoms with Gasteiger partial charge in [0.25, 0.3) is 25.7 Å². The SMILES string of the molecule is C[C@]12CC[C@H]3[C@@H](CC[C@@H]4C[C@@](O)(C(F)F)CC[C@@H]43)[C@@H]1CC[C@@H]2C(=O)Cn1nc2ccncc2n1.C[C@]12CC[C@H]3[C@@H](CC[C@@H]4C[C@@](O)(C(F)F)CC[C@@H]43)[C@@H]1CC[C@@H]2C(=O)Cn1ncc2ncccc21.C[C@]12CC[C@H]3[C@@H](CC[C@@H]4C[C@@](O)(C(F)F)CC[C@@H]43)[C@@H]1CC[C@@H]2C(=O)Cn1nnc2cnccc21.C[C@]12CC[C@H]3[C@@H](CC[C@@H]4C[C@@](O)(C(F)F)CC[C@@H]43)[C@@H]1CC[C@H]2C(=O)Cn1nc2ccncc2n1. The zero-order chi connectivity index (χ0) is 94.7. The minimum atomic E-state index is -2.65. The lowest BCUT2D eigenvalue weighted by atomic mass is 9.49. The lowest BCUT2D eigenvalue weighted by Crippen LogP contribution is -2.53. The molecule has 736 valence electrons. The van der Waals surface area contributed by atoms with Gasteiger partial charge in [0.2, 0.25) is 0 Å². The van der Waals surface area contributed by atoms with Gasteiger partial charge >= 0.3 is 0 Å². The highest BCUT2D eigenvalue weighted by Crippen LogP contribution is 2.71. The maximum atomic E-state index is 13.6. The van der Waals surface area contributed by atoms with Crippen LogP contribution >= 0.6 is 0 Å². The zero-order valence-corrected chi connectivity index (χ0v) is 79.1. The Bertz CT molecular complexity index is 5300. The molecule has 0 spiro atoms. The number of hydrogen-bond donors (Lipinski definition) is 4. The molecule has 31 heteroatoms. The summed E-state index contributed by atoms with van der Waals surface area (Å²) in [6.45, 7) is 10.3. The molecule has 8 aromatic rings. The summed E-state index contributed by atoms with van der Waals surface area (Å²) in [6.07, 6.45) is 32.1. The van der Waals surface area contributed by atoms with Crippen LogP contribution in [0.1, 0.15) is 259 Å². The summed E-state index contributed by atoms with van der Waals surface area (Å²) >= 11 is 0. The van der Waals surface area contributed by atoms with Gasteiger partial charge in [0, 0.05) is 48.5 Å². The number of halogens is 8. The summed E-state index contributed by atoms with van der Waals surface area (Å²) in [7, 11) is 0. The smallest absolute Gasteiger partial charge is 0.266 e. The molecule has 0 amide bonds. The van der Waals surface area contributed by atoms with Gasteiger partial charge in [-0.05, 0) is 401 Å². The molecule has 16 fully saturated rings. The van der Waals surface area contributed by atoms with Crippen LogP contribution in [0.3, 0.4) is 0 Å². The second-order valence-corrected chi connectivity index (χ2v) is 47.4. The fraction of sp³-hybridized carbons (Fsp3) is 0.762. The first-order valence-electron chi connectivity index (χ1n) is 52.0. The number of Topliss-reactive ketones (excluding diaryl/α,β-unsaturated/α-hetero) is 4. The van der Waals surface area contributed by atoms with Gasteiger partial charge in [-0.3, -0.25) is 43.8 Å². The summed E-state index contributed by atoms with van der Waals surface area (Å²) in [4.78, 5) is 73.6. The van der Waals surface area contributed by atoms with E-state index < -0.39 is 48.1 Å². The molecule has 4 N–H and O–H groups in total. The molecule has 136 heavy (non-hydrogen) atoms. The highest BCUT2D eigenvalue weighted by molar-refractivity contribution is 5.86. The summed E-state index contributed by atoms with van der Waals surface area (Å²) in [5, 5.41) is 72.3. The van der Waals surface area contributed by atoms with Gasteiger partial charge in [-0.15, -0.1) is 5.10 Å². The lowest BCUT2D eigenvalue weighted by Gasteiger charge is -2.57. The maximum Gasteiger partial charge on any atom is 0.266 e. The van der Waals surface area contributed by atoms with Gasteiger partial charge in [0.05, 0.1) is 35.8 Å². The van der Waals surface area contributed by atoms with Crippen LogP contribution in [0.2, 0.25) is 0 Å². The van der Waals surface area contributed by atoms with Gasteiger partial charge in [-0.25, -0.2) is 39.8 Å². The van der Waals surface area contributed by atoms with Crippen LogP contribution in [0.5, 0.6) is 0 Å². The second-order valence-electron chi connectivity index (χ2n) is 47.4. The molecule has 0 unspecified atom stereocenters. The molecule has 23 nitrogen and oxygen atoms in total. The fourth-order valence-corrected chi connectivity index (χ4v) is 35.3. The van der Waals surface area contributed by atoms with Crippen LogP contribution in [-0.4, -0.2) is 166 Å². The molecule has 24 rings (SSSR count). The number of aliphatic hydroxyl groups is 4. The van der Waals surface area contributed by atoms with Crippen LogP contribution in [0.25, 0.3) is 44.1 Å². The molecule has 8 aromatic heterocycles. The molecule has 0 saturated heterocycles. The Morgan fingerprint density at radius 3 is 0.978 bits per heavy atom. The Kier molecular flexibility index (Phi) is 25.2. The third-order valence-corrected chi connectivity index (χ3v) is 41.7. The van der Waals surface area contributed by atoms with Crippen LogP contribution in [-0.2, 0) is 45.4 Å². The molecule has 0 bridgehead atoms. The summed E-state index contributed by atoms with van der Waals surface area (Å²) < 4.78 is 111. The minimum absolute atomic E-state index is 0.00139. The third-order valence-electron chi connectivity index (χ3n) is 41.7. The van der Waals surface area contributed by atoms with Crippen molar-refractivity contribution in [3.8, 4) is 0 Å². The number of rotatable bonds is 16. The van der Waals surface area contributed by atoms with Crippen LogP contribution in [0.15, 0.2) is 79.9 Å². The van der Waals surface area contributed by atoms with Gasteiger partial charge in [0.15, 0.2) is 23.1 Å². The zero-order valence-electron chi connectivity index (χ0n) is 79.1. The number of hydrogen-bond acceptors (Lipinski definition) is 19. The van der Waals surface area contributed by atoms with E-state index in [4.69, 9.17) is 0 Å². The Balaban J connectivity index is 0.000000108. The molecule has 16 aliphatic rings. The van der Waals surface area contributed by atoms with Crippen LogP contribution in [0.4, 0.5) is 35.1 Å². The van der Waals surface area contributed by atoms with Crippen molar-refractivity contribution in [1.29, 1.82) is 0 Å². The molecule has 0 aliphatic heterocycles. The highest BCUT2D eigenvalue weighted by Gasteiger charge is 2.66.